The maximum atomic E-state index is 13.3. The molecule has 0 aliphatic carbocycles. The van der Waals surface area contributed by atoms with Gasteiger partial charge >= 0.3 is 12.4 Å². The summed E-state index contributed by atoms with van der Waals surface area (Å²) < 4.78 is 79.6. The molecule has 1 fully saturated rings. The van der Waals surface area contributed by atoms with Gasteiger partial charge in [-0.15, -0.1) is 0 Å². The number of aliphatic hydroxyl groups excluding tert-OH is 1. The molecule has 188 valence electrons. The summed E-state index contributed by atoms with van der Waals surface area (Å²) in [5, 5.41) is 21.8. The van der Waals surface area contributed by atoms with Gasteiger partial charge in [0.2, 0.25) is 5.95 Å². The van der Waals surface area contributed by atoms with Crippen molar-refractivity contribution in [3.63, 3.8) is 0 Å². The molecule has 0 unspecified atom stereocenters. The lowest BCUT2D eigenvalue weighted by Gasteiger charge is -2.37. The average molecular weight is 503 g/mol. The molecule has 3 heterocycles. The highest BCUT2D eigenvalue weighted by Gasteiger charge is 2.37. The van der Waals surface area contributed by atoms with E-state index in [1.54, 1.807) is 4.90 Å². The third kappa shape index (κ3) is 5.17. The lowest BCUT2D eigenvalue weighted by atomic mass is 9.93. The van der Waals surface area contributed by atoms with Crippen LogP contribution >= 0.6 is 0 Å². The van der Waals surface area contributed by atoms with Gasteiger partial charge in [-0.3, -0.25) is 4.79 Å². The highest BCUT2D eigenvalue weighted by atomic mass is 19.4. The van der Waals surface area contributed by atoms with Crippen LogP contribution in [0.3, 0.4) is 0 Å². The number of benzene rings is 1. The van der Waals surface area contributed by atoms with Crippen LogP contribution in [0.1, 0.15) is 24.0 Å². The molecular weight excluding hydrogens is 484 g/mol. The Morgan fingerprint density at radius 3 is 2.17 bits per heavy atom. The van der Waals surface area contributed by atoms with Crippen molar-refractivity contribution in [3.8, 4) is 0 Å². The maximum Gasteiger partial charge on any atom is 0.416 e. The first-order valence-corrected chi connectivity index (χ1v) is 10.3. The first kappa shape index (κ1) is 24.7. The van der Waals surface area contributed by atoms with Crippen molar-refractivity contribution in [1.29, 1.82) is 0 Å². The van der Waals surface area contributed by atoms with Crippen molar-refractivity contribution < 1.29 is 36.6 Å². The molecule has 1 saturated heterocycles. The number of pyridine rings is 1. The molecule has 0 amide bonds. The Hall–Kier alpha value is -3.39. The van der Waals surface area contributed by atoms with Crippen molar-refractivity contribution in [1.82, 2.24) is 15.0 Å². The van der Waals surface area contributed by atoms with E-state index in [2.05, 4.69) is 20.3 Å². The Morgan fingerprint density at radius 1 is 1.03 bits per heavy atom. The predicted molar refractivity (Wildman–Crippen MR) is 113 cm³/mol. The minimum absolute atomic E-state index is 0.00245. The van der Waals surface area contributed by atoms with Gasteiger partial charge in [0.25, 0.3) is 5.56 Å². The summed E-state index contributed by atoms with van der Waals surface area (Å²) in [5.41, 5.74) is -5.50. The van der Waals surface area contributed by atoms with E-state index in [0.29, 0.717) is 12.1 Å². The largest absolute Gasteiger partial charge is 0.416 e. The summed E-state index contributed by atoms with van der Waals surface area (Å²) in [6.45, 7) is -0.0152. The molecule has 0 spiro atoms. The van der Waals surface area contributed by atoms with Gasteiger partial charge in [-0.25, -0.2) is 4.98 Å². The number of nitrogens with zero attached hydrogens (tertiary/aromatic N) is 3. The SMILES string of the molecule is O=c1[nH]ccc2nc(N3CCC(O)(CO)CC3)nc(Nc3cc(C(F)(F)F)cc(C(F)(F)F)c3)c12. The van der Waals surface area contributed by atoms with E-state index in [1.165, 1.54) is 12.3 Å². The van der Waals surface area contributed by atoms with E-state index in [4.69, 9.17) is 0 Å². The Bertz CT molecular complexity index is 1270. The van der Waals surface area contributed by atoms with Gasteiger partial charge in [0.05, 0.1) is 28.9 Å². The number of aliphatic hydroxyl groups is 2. The van der Waals surface area contributed by atoms with Gasteiger partial charge in [-0.05, 0) is 37.1 Å². The Morgan fingerprint density at radius 2 is 1.63 bits per heavy atom. The molecular formula is C21H19F6N5O3. The van der Waals surface area contributed by atoms with Crippen LogP contribution in [0.15, 0.2) is 35.3 Å². The van der Waals surface area contributed by atoms with Crippen molar-refractivity contribution in [2.24, 2.45) is 0 Å². The van der Waals surface area contributed by atoms with E-state index < -0.39 is 46.9 Å². The monoisotopic (exact) mass is 503 g/mol. The maximum absolute atomic E-state index is 13.3. The summed E-state index contributed by atoms with van der Waals surface area (Å²) in [4.78, 5) is 25.0. The van der Waals surface area contributed by atoms with E-state index in [0.717, 1.165) is 0 Å². The number of piperidine rings is 1. The summed E-state index contributed by atoms with van der Waals surface area (Å²) in [7, 11) is 0. The molecule has 8 nitrogen and oxygen atoms in total. The number of halogens is 6. The van der Waals surface area contributed by atoms with E-state index in [9.17, 15) is 41.4 Å². The molecule has 0 saturated carbocycles. The lowest BCUT2D eigenvalue weighted by molar-refractivity contribution is -0.143. The number of hydrogen-bond acceptors (Lipinski definition) is 7. The standard InChI is InChI=1S/C21H19F6N5O3/c22-20(23,24)11-7-12(21(25,26)27)9-13(8-11)29-16-15-14(1-4-28-17(15)34)30-18(31-16)32-5-2-19(35,10-33)3-6-32/h1,4,7-9,33,35H,2-3,5-6,10H2,(H,28,34)(H,29,30,31). The second-order valence-electron chi connectivity index (χ2n) is 8.23. The van der Waals surface area contributed by atoms with Crippen LogP contribution in [0.25, 0.3) is 10.9 Å². The molecule has 3 aromatic rings. The van der Waals surface area contributed by atoms with Gasteiger partial charge < -0.3 is 25.4 Å². The predicted octanol–water partition coefficient (Wildman–Crippen LogP) is 3.42. The number of hydrogen-bond donors (Lipinski definition) is 4. The highest BCUT2D eigenvalue weighted by molar-refractivity contribution is 5.91. The second-order valence-corrected chi connectivity index (χ2v) is 8.23. The average Bonchev–Trinajstić information content (AvgIpc) is 2.78. The summed E-state index contributed by atoms with van der Waals surface area (Å²) in [6, 6.07) is 2.39. The van der Waals surface area contributed by atoms with Crippen molar-refractivity contribution in [2.75, 3.05) is 29.9 Å². The molecule has 4 N–H and O–H groups in total. The van der Waals surface area contributed by atoms with Crippen LogP contribution in [0.5, 0.6) is 0 Å². The van der Waals surface area contributed by atoms with Crippen LogP contribution in [-0.4, -0.2) is 50.5 Å². The summed E-state index contributed by atoms with van der Waals surface area (Å²) in [6.07, 6.45) is -8.47. The molecule has 0 bridgehead atoms. The molecule has 4 rings (SSSR count). The van der Waals surface area contributed by atoms with Crippen LogP contribution in [0.2, 0.25) is 0 Å². The molecule has 0 radical (unpaired) electrons. The van der Waals surface area contributed by atoms with E-state index >= 15 is 0 Å². The topological polar surface area (TPSA) is 114 Å². The molecule has 1 aliphatic heterocycles. The Balaban J connectivity index is 1.80. The first-order valence-electron chi connectivity index (χ1n) is 10.3. The number of H-pyrrole nitrogens is 1. The van der Waals surface area contributed by atoms with Gasteiger partial charge in [-0.2, -0.15) is 31.3 Å². The van der Waals surface area contributed by atoms with Crippen molar-refractivity contribution in [3.05, 3.63) is 51.9 Å². The third-order valence-electron chi connectivity index (χ3n) is 5.73. The van der Waals surface area contributed by atoms with Crippen LogP contribution in [0.4, 0.5) is 43.8 Å². The van der Waals surface area contributed by atoms with E-state index in [-0.39, 0.29) is 54.7 Å². The lowest BCUT2D eigenvalue weighted by Crippen LogP contribution is -2.47. The van der Waals surface area contributed by atoms with Gasteiger partial charge in [0, 0.05) is 25.0 Å². The fraction of sp³-hybridized carbons (Fsp3) is 0.381. The normalized spacial score (nSPS) is 16.5. The number of fused-ring (bicyclic) bond motifs is 1. The number of anilines is 3. The zero-order valence-electron chi connectivity index (χ0n) is 17.8. The van der Waals surface area contributed by atoms with Gasteiger partial charge in [0.15, 0.2) is 0 Å². The minimum atomic E-state index is -5.05. The van der Waals surface area contributed by atoms with Crippen LogP contribution in [-0.2, 0) is 12.4 Å². The van der Waals surface area contributed by atoms with E-state index in [1.807, 2.05) is 0 Å². The Labute approximate surface area is 193 Å². The molecule has 14 heteroatoms. The number of alkyl halides is 6. The van der Waals surface area contributed by atoms with Crippen molar-refractivity contribution >= 4 is 28.4 Å². The number of aromatic nitrogens is 3. The third-order valence-corrected chi connectivity index (χ3v) is 5.73. The fourth-order valence-electron chi connectivity index (χ4n) is 3.76. The first-order chi connectivity index (χ1) is 16.3. The fourth-order valence-corrected chi connectivity index (χ4v) is 3.76. The summed E-state index contributed by atoms with van der Waals surface area (Å²) in [5.74, 6) is -0.240. The minimum Gasteiger partial charge on any atom is -0.393 e. The number of rotatable bonds is 4. The number of nitrogens with one attached hydrogen (secondary N) is 2. The smallest absolute Gasteiger partial charge is 0.393 e. The molecule has 2 aromatic heterocycles. The zero-order valence-corrected chi connectivity index (χ0v) is 17.8. The Kier molecular flexibility index (Phi) is 6.13. The molecule has 1 aliphatic rings. The number of aromatic amines is 1. The summed E-state index contributed by atoms with van der Waals surface area (Å²) >= 11 is 0. The van der Waals surface area contributed by atoms with Gasteiger partial charge in [-0.1, -0.05) is 0 Å². The van der Waals surface area contributed by atoms with Crippen molar-refractivity contribution in [2.45, 2.75) is 30.8 Å². The molecule has 0 atom stereocenters. The highest BCUT2D eigenvalue weighted by Crippen LogP contribution is 2.38. The zero-order chi connectivity index (χ0) is 25.6. The van der Waals surface area contributed by atoms with Crippen LogP contribution < -0.4 is 15.8 Å². The second kappa shape index (κ2) is 8.68. The molecule has 1 aromatic carbocycles. The quantitative estimate of drug-likeness (QED) is 0.404. The van der Waals surface area contributed by atoms with Gasteiger partial charge in [0.1, 0.15) is 11.2 Å². The van der Waals surface area contributed by atoms with Crippen LogP contribution in [0, 0.1) is 0 Å². The molecule has 35 heavy (non-hydrogen) atoms.